The summed E-state index contributed by atoms with van der Waals surface area (Å²) in [4.78, 5) is 17.2. The molecule has 5 aromatic rings. The number of fused-ring (bicyclic) bond motifs is 1. The predicted molar refractivity (Wildman–Crippen MR) is 175 cm³/mol. The minimum absolute atomic E-state index is 0.308. The van der Waals surface area contributed by atoms with Crippen molar-refractivity contribution < 1.29 is 9.53 Å². The van der Waals surface area contributed by atoms with E-state index in [1.54, 1.807) is 0 Å². The number of nitrogens with one attached hydrogen (secondary N) is 2. The van der Waals surface area contributed by atoms with Gasteiger partial charge in [-0.15, -0.1) is 0 Å². The molecule has 0 spiro atoms. The molecule has 1 aliphatic carbocycles. The van der Waals surface area contributed by atoms with E-state index in [2.05, 4.69) is 75.1 Å². The lowest BCUT2D eigenvalue weighted by Gasteiger charge is -2.24. The summed E-state index contributed by atoms with van der Waals surface area (Å²) in [5.74, 6) is 0. The number of benzene rings is 3. The summed E-state index contributed by atoms with van der Waals surface area (Å²) in [6.07, 6.45) is 7.30. The topological polar surface area (TPSA) is 84.9 Å². The van der Waals surface area contributed by atoms with Crippen LogP contribution in [-0.2, 0) is 17.8 Å². The van der Waals surface area contributed by atoms with Gasteiger partial charge in [-0.1, -0.05) is 104 Å². The van der Waals surface area contributed by atoms with E-state index in [4.69, 9.17) is 9.72 Å². The molecule has 2 heterocycles. The lowest BCUT2D eigenvalue weighted by molar-refractivity contribution is 0.0523. The molecular weight excluding hydrogens is 546 g/mol. The van der Waals surface area contributed by atoms with Crippen molar-refractivity contribution in [3.63, 3.8) is 0 Å². The zero-order chi connectivity index (χ0) is 30.7. The number of amides is 1. The average Bonchev–Trinajstić information content (AvgIpc) is 3.36. The van der Waals surface area contributed by atoms with E-state index in [9.17, 15) is 10.2 Å². The Balaban J connectivity index is 1.44. The van der Waals surface area contributed by atoms with Gasteiger partial charge in [0.1, 0.15) is 16.7 Å². The minimum Gasteiger partial charge on any atom is -0.444 e. The normalized spacial score (nSPS) is 14.1. The fourth-order valence-corrected chi connectivity index (χ4v) is 6.27. The third-order valence-corrected chi connectivity index (χ3v) is 8.31. The van der Waals surface area contributed by atoms with Crippen molar-refractivity contribution in [1.82, 2.24) is 19.4 Å². The summed E-state index contributed by atoms with van der Waals surface area (Å²) in [5, 5.41) is 13.3. The number of aromatic nitrogens is 3. The average molecular weight is 588 g/mol. The lowest BCUT2D eigenvalue weighted by atomic mass is 9.95. The Morgan fingerprint density at radius 3 is 2.14 bits per heavy atom. The van der Waals surface area contributed by atoms with Gasteiger partial charge in [0.2, 0.25) is 0 Å². The van der Waals surface area contributed by atoms with Crippen LogP contribution in [0.3, 0.4) is 0 Å². The van der Waals surface area contributed by atoms with Crippen molar-refractivity contribution >= 4 is 17.1 Å². The molecule has 1 aliphatic rings. The highest BCUT2D eigenvalue weighted by molar-refractivity contribution is 6.02. The molecule has 0 atom stereocenters. The third kappa shape index (κ3) is 6.32. The van der Waals surface area contributed by atoms with E-state index < -0.39 is 11.7 Å². The standard InChI is InChI=1S/C37H41N5O2/c1-37(2,3)44-36(43)39-23-26-19-21-27(22-20-26)24-41-33(29-15-9-5-10-16-29)31(28-13-7-4-8-14-28)32-34(38)42(25-40-35(32)41)30-17-11-6-12-18-30/h4-5,7-10,13-16,19-22,25,30,38H,6,11-12,17-18,23-24H2,1-3H3,(H,39,43). The van der Waals surface area contributed by atoms with Crippen LogP contribution in [0.25, 0.3) is 33.4 Å². The molecule has 0 unspecified atom stereocenters. The van der Waals surface area contributed by atoms with Crippen molar-refractivity contribution in [2.75, 3.05) is 0 Å². The van der Waals surface area contributed by atoms with Crippen molar-refractivity contribution in [1.29, 1.82) is 5.41 Å². The molecule has 7 heteroatoms. The van der Waals surface area contributed by atoms with E-state index in [0.717, 1.165) is 57.4 Å². The van der Waals surface area contributed by atoms with E-state index in [-0.39, 0.29) is 0 Å². The van der Waals surface area contributed by atoms with E-state index in [1.165, 1.54) is 19.3 Å². The Kier molecular flexibility index (Phi) is 8.38. The molecule has 6 rings (SSSR count). The van der Waals surface area contributed by atoms with Gasteiger partial charge in [-0.05, 0) is 55.9 Å². The first-order valence-electron chi connectivity index (χ1n) is 15.6. The molecule has 2 aromatic heterocycles. The van der Waals surface area contributed by atoms with Gasteiger partial charge in [0.15, 0.2) is 0 Å². The molecule has 2 N–H and O–H groups in total. The van der Waals surface area contributed by atoms with E-state index in [0.29, 0.717) is 24.6 Å². The van der Waals surface area contributed by atoms with Crippen LogP contribution in [0.15, 0.2) is 91.3 Å². The number of hydrogen-bond acceptors (Lipinski definition) is 4. The number of alkyl carbamates (subject to hydrolysis) is 1. The number of carbonyl (C=O) groups is 1. The molecule has 1 fully saturated rings. The number of rotatable bonds is 7. The predicted octanol–water partition coefficient (Wildman–Crippen LogP) is 8.23. The van der Waals surface area contributed by atoms with Crippen LogP contribution in [-0.4, -0.2) is 25.8 Å². The molecule has 0 radical (unpaired) electrons. The quantitative estimate of drug-likeness (QED) is 0.201. The third-order valence-electron chi connectivity index (χ3n) is 8.31. The molecule has 226 valence electrons. The first kappa shape index (κ1) is 29.4. The summed E-state index contributed by atoms with van der Waals surface area (Å²) < 4.78 is 9.76. The van der Waals surface area contributed by atoms with Crippen LogP contribution in [0.1, 0.15) is 70.0 Å². The Hall–Kier alpha value is -4.65. The Morgan fingerprint density at radius 2 is 1.50 bits per heavy atom. The first-order valence-corrected chi connectivity index (χ1v) is 15.6. The van der Waals surface area contributed by atoms with Gasteiger partial charge >= 0.3 is 6.09 Å². The Morgan fingerprint density at radius 1 is 0.886 bits per heavy atom. The molecule has 0 aliphatic heterocycles. The number of hydrogen-bond donors (Lipinski definition) is 2. The number of ether oxygens (including phenoxy) is 1. The fourth-order valence-electron chi connectivity index (χ4n) is 6.27. The summed E-state index contributed by atoms with van der Waals surface area (Å²) in [5.41, 5.74) is 7.18. The molecule has 3 aromatic carbocycles. The van der Waals surface area contributed by atoms with Crippen molar-refractivity contribution in [3.05, 3.63) is 108 Å². The van der Waals surface area contributed by atoms with Crippen LogP contribution >= 0.6 is 0 Å². The van der Waals surface area contributed by atoms with Gasteiger partial charge in [-0.25, -0.2) is 9.78 Å². The SMILES string of the molecule is CC(C)(C)OC(=O)NCc1ccc(Cn2c(-c3ccccc3)c(-c3ccccc3)c3c(=N)n(C4CCCCC4)cnc32)cc1. The van der Waals surface area contributed by atoms with Gasteiger partial charge in [0, 0.05) is 24.7 Å². The second kappa shape index (κ2) is 12.5. The molecule has 0 saturated heterocycles. The largest absolute Gasteiger partial charge is 0.444 e. The van der Waals surface area contributed by atoms with Gasteiger partial charge in [-0.3, -0.25) is 5.41 Å². The maximum atomic E-state index is 12.1. The zero-order valence-electron chi connectivity index (χ0n) is 25.8. The maximum absolute atomic E-state index is 12.1. The summed E-state index contributed by atoms with van der Waals surface area (Å²) in [6.45, 7) is 6.54. The van der Waals surface area contributed by atoms with E-state index >= 15 is 0 Å². The van der Waals surface area contributed by atoms with Crippen LogP contribution in [0.2, 0.25) is 0 Å². The molecule has 7 nitrogen and oxygen atoms in total. The van der Waals surface area contributed by atoms with Gasteiger partial charge < -0.3 is 19.2 Å². The van der Waals surface area contributed by atoms with Crippen LogP contribution in [0.5, 0.6) is 0 Å². The molecular formula is C37H41N5O2. The number of nitrogens with zero attached hydrogens (tertiary/aromatic N) is 3. The van der Waals surface area contributed by atoms with E-state index in [1.807, 2.05) is 51.4 Å². The zero-order valence-corrected chi connectivity index (χ0v) is 25.8. The van der Waals surface area contributed by atoms with Crippen LogP contribution in [0.4, 0.5) is 4.79 Å². The first-order chi connectivity index (χ1) is 21.3. The molecule has 0 bridgehead atoms. The van der Waals surface area contributed by atoms with Gasteiger partial charge in [-0.2, -0.15) is 0 Å². The van der Waals surface area contributed by atoms with Crippen LogP contribution < -0.4 is 10.8 Å². The summed E-state index contributed by atoms with van der Waals surface area (Å²) in [6, 6.07) is 29.5. The Bertz CT molecular complexity index is 1790. The summed E-state index contributed by atoms with van der Waals surface area (Å²) in [7, 11) is 0. The summed E-state index contributed by atoms with van der Waals surface area (Å²) >= 11 is 0. The number of carbonyl (C=O) groups excluding carboxylic acids is 1. The Labute approximate surface area is 259 Å². The van der Waals surface area contributed by atoms with Gasteiger partial charge in [0.05, 0.1) is 17.4 Å². The lowest BCUT2D eigenvalue weighted by Crippen LogP contribution is -2.32. The molecule has 1 saturated carbocycles. The highest BCUT2D eigenvalue weighted by Gasteiger charge is 2.25. The second-order valence-corrected chi connectivity index (χ2v) is 12.7. The van der Waals surface area contributed by atoms with Gasteiger partial charge in [0.25, 0.3) is 0 Å². The molecule has 1 amide bonds. The highest BCUT2D eigenvalue weighted by Crippen LogP contribution is 2.40. The van der Waals surface area contributed by atoms with Crippen molar-refractivity contribution in [2.45, 2.75) is 77.6 Å². The van der Waals surface area contributed by atoms with Crippen molar-refractivity contribution in [3.8, 4) is 22.4 Å². The molecule has 44 heavy (non-hydrogen) atoms. The van der Waals surface area contributed by atoms with Crippen LogP contribution in [0, 0.1) is 5.41 Å². The minimum atomic E-state index is -0.537. The monoisotopic (exact) mass is 587 g/mol. The second-order valence-electron chi connectivity index (χ2n) is 12.7. The van der Waals surface area contributed by atoms with Crippen molar-refractivity contribution in [2.24, 2.45) is 0 Å². The smallest absolute Gasteiger partial charge is 0.407 e. The maximum Gasteiger partial charge on any atom is 0.407 e. The fraction of sp³-hybridized carbons (Fsp3) is 0.324. The highest BCUT2D eigenvalue weighted by atomic mass is 16.6.